The van der Waals surface area contributed by atoms with E-state index in [1.165, 1.54) is 16.1 Å². The molecule has 4 aromatic rings. The zero-order valence-electron chi connectivity index (χ0n) is 21.3. The van der Waals surface area contributed by atoms with Crippen molar-refractivity contribution in [1.82, 2.24) is 19.7 Å². The van der Waals surface area contributed by atoms with E-state index in [0.29, 0.717) is 18.7 Å². The molecule has 1 amide bonds. The molecule has 2 aliphatic rings. The molecule has 8 heteroatoms. The molecule has 188 valence electrons. The molecule has 0 unspecified atom stereocenters. The minimum atomic E-state index is -0.307. The SMILES string of the molecule is Cc1c(NC(=O)c2cc3n(n2)CCCC3=O)cccc1-c1cccc(-c2nc3c(s2)CCN(C)C3)c1C. The summed E-state index contributed by atoms with van der Waals surface area (Å²) < 4.78 is 1.65. The molecule has 2 aliphatic heterocycles. The van der Waals surface area contributed by atoms with E-state index in [9.17, 15) is 9.59 Å². The van der Waals surface area contributed by atoms with Gasteiger partial charge in [-0.3, -0.25) is 14.3 Å². The number of likely N-dealkylation sites (N-methyl/N-ethyl adjacent to an activating group) is 1. The van der Waals surface area contributed by atoms with E-state index in [-0.39, 0.29) is 17.4 Å². The number of carbonyl (C=O) groups excluding carboxylic acids is 2. The van der Waals surface area contributed by atoms with Crippen LogP contribution in [0.3, 0.4) is 0 Å². The van der Waals surface area contributed by atoms with E-state index < -0.39 is 0 Å². The standard InChI is InChI=1S/C29H29N5O2S/c1-17-19(7-4-9-21(17)29-31-24-16-33(3)14-12-27(24)37-29)20-8-5-10-22(18(20)2)30-28(36)23-15-25-26(35)11-6-13-34(25)32-23/h4-5,7-10,15H,6,11-14,16H2,1-3H3,(H,30,36). The van der Waals surface area contributed by atoms with E-state index in [2.05, 4.69) is 53.6 Å². The molecule has 0 saturated heterocycles. The summed E-state index contributed by atoms with van der Waals surface area (Å²) in [7, 11) is 2.14. The predicted molar refractivity (Wildman–Crippen MR) is 146 cm³/mol. The minimum Gasteiger partial charge on any atom is -0.320 e. The molecule has 4 heterocycles. The van der Waals surface area contributed by atoms with Crippen LogP contribution in [0.4, 0.5) is 5.69 Å². The maximum absolute atomic E-state index is 13.1. The van der Waals surface area contributed by atoms with Crippen LogP contribution in [0.1, 0.15) is 55.5 Å². The van der Waals surface area contributed by atoms with Gasteiger partial charge in [-0.1, -0.05) is 30.3 Å². The zero-order chi connectivity index (χ0) is 25.7. The van der Waals surface area contributed by atoms with Crippen molar-refractivity contribution in [3.05, 3.63) is 75.6 Å². The van der Waals surface area contributed by atoms with E-state index >= 15 is 0 Å². The highest BCUT2D eigenvalue weighted by molar-refractivity contribution is 7.15. The highest BCUT2D eigenvalue weighted by Gasteiger charge is 2.24. The molecular weight excluding hydrogens is 482 g/mol. The Morgan fingerprint density at radius 2 is 1.76 bits per heavy atom. The summed E-state index contributed by atoms with van der Waals surface area (Å²) in [4.78, 5) is 33.9. The molecule has 7 nitrogen and oxygen atoms in total. The largest absolute Gasteiger partial charge is 0.320 e. The number of rotatable bonds is 4. The number of amides is 1. The van der Waals surface area contributed by atoms with Crippen LogP contribution in [-0.4, -0.2) is 44.9 Å². The van der Waals surface area contributed by atoms with Gasteiger partial charge in [0.25, 0.3) is 5.91 Å². The lowest BCUT2D eigenvalue weighted by molar-refractivity contribution is 0.0950. The second-order valence-corrected chi connectivity index (χ2v) is 11.0. The molecule has 2 aromatic heterocycles. The molecule has 0 atom stereocenters. The lowest BCUT2D eigenvalue weighted by Gasteiger charge is -2.20. The average Bonchev–Trinajstić information content (AvgIpc) is 3.51. The van der Waals surface area contributed by atoms with Crippen molar-refractivity contribution in [3.63, 3.8) is 0 Å². The maximum Gasteiger partial charge on any atom is 0.276 e. The van der Waals surface area contributed by atoms with Gasteiger partial charge < -0.3 is 10.2 Å². The first-order valence-corrected chi connectivity index (χ1v) is 13.5. The quantitative estimate of drug-likeness (QED) is 0.391. The number of nitrogens with one attached hydrogen (secondary N) is 1. The van der Waals surface area contributed by atoms with Crippen molar-refractivity contribution in [2.24, 2.45) is 0 Å². The van der Waals surface area contributed by atoms with Gasteiger partial charge in [-0.2, -0.15) is 5.10 Å². The van der Waals surface area contributed by atoms with Gasteiger partial charge in [0.15, 0.2) is 11.5 Å². The normalized spacial score (nSPS) is 15.4. The van der Waals surface area contributed by atoms with Crippen LogP contribution in [-0.2, 0) is 19.5 Å². The second-order valence-electron chi connectivity index (χ2n) is 9.95. The number of Topliss-reactive ketones (excluding diaryl/α,β-unsaturated/α-hetero) is 1. The Morgan fingerprint density at radius 1 is 1.00 bits per heavy atom. The summed E-state index contributed by atoms with van der Waals surface area (Å²) in [5.74, 6) is -0.266. The molecule has 2 aromatic carbocycles. The predicted octanol–water partition coefficient (Wildman–Crippen LogP) is 5.51. The number of thiazole rings is 1. The van der Waals surface area contributed by atoms with E-state index in [1.807, 2.05) is 19.1 Å². The number of benzene rings is 2. The van der Waals surface area contributed by atoms with Gasteiger partial charge in [0.05, 0.1) is 5.69 Å². The van der Waals surface area contributed by atoms with Gasteiger partial charge in [-0.25, -0.2) is 4.98 Å². The fourth-order valence-electron chi connectivity index (χ4n) is 5.29. The van der Waals surface area contributed by atoms with Crippen molar-refractivity contribution in [1.29, 1.82) is 0 Å². The molecular formula is C29H29N5O2S. The van der Waals surface area contributed by atoms with Gasteiger partial charge in [0.1, 0.15) is 10.7 Å². The van der Waals surface area contributed by atoms with E-state index in [1.54, 1.807) is 22.1 Å². The highest BCUT2D eigenvalue weighted by Crippen LogP contribution is 2.38. The van der Waals surface area contributed by atoms with E-state index in [0.717, 1.165) is 58.9 Å². The number of fused-ring (bicyclic) bond motifs is 2. The van der Waals surface area contributed by atoms with Gasteiger partial charge in [-0.15, -0.1) is 11.3 Å². The Kier molecular flexibility index (Phi) is 6.01. The molecule has 0 radical (unpaired) electrons. The molecule has 0 saturated carbocycles. The first-order valence-electron chi connectivity index (χ1n) is 12.7. The summed E-state index contributed by atoms with van der Waals surface area (Å²) in [5.41, 5.74) is 8.22. The van der Waals surface area contributed by atoms with Crippen LogP contribution in [0.25, 0.3) is 21.7 Å². The first kappa shape index (κ1) is 23.8. The Hall–Kier alpha value is -3.62. The zero-order valence-corrected chi connectivity index (χ0v) is 22.1. The topological polar surface area (TPSA) is 80.1 Å². The number of aryl methyl sites for hydroxylation is 1. The van der Waals surface area contributed by atoms with Crippen molar-refractivity contribution in [3.8, 4) is 21.7 Å². The van der Waals surface area contributed by atoms with Gasteiger partial charge in [0.2, 0.25) is 0 Å². The second kappa shape index (κ2) is 9.36. The number of ketones is 1. The number of anilines is 1. The average molecular weight is 512 g/mol. The third kappa shape index (κ3) is 4.30. The molecule has 0 fully saturated rings. The van der Waals surface area contributed by atoms with Crippen LogP contribution in [0.5, 0.6) is 0 Å². The Labute approximate surface area is 220 Å². The first-order chi connectivity index (χ1) is 17.9. The van der Waals surface area contributed by atoms with Crippen molar-refractivity contribution < 1.29 is 9.59 Å². The van der Waals surface area contributed by atoms with Gasteiger partial charge in [0, 0.05) is 48.2 Å². The van der Waals surface area contributed by atoms with Crippen LogP contribution in [0, 0.1) is 13.8 Å². The number of hydrogen-bond donors (Lipinski definition) is 1. The summed E-state index contributed by atoms with van der Waals surface area (Å²) in [6.45, 7) is 6.81. The van der Waals surface area contributed by atoms with Crippen molar-refractivity contribution in [2.45, 2.75) is 46.2 Å². The van der Waals surface area contributed by atoms with Gasteiger partial charge in [-0.05, 0) is 62.1 Å². The van der Waals surface area contributed by atoms with Crippen LogP contribution in [0.15, 0.2) is 42.5 Å². The molecule has 6 rings (SSSR count). The Balaban J connectivity index is 1.31. The van der Waals surface area contributed by atoms with Gasteiger partial charge >= 0.3 is 0 Å². The third-order valence-corrected chi connectivity index (χ3v) is 8.62. The molecule has 1 N–H and O–H groups in total. The fraction of sp³-hybridized carbons (Fsp3) is 0.310. The fourth-order valence-corrected chi connectivity index (χ4v) is 6.43. The number of aromatic nitrogens is 3. The number of carbonyl (C=O) groups is 2. The molecule has 0 spiro atoms. The van der Waals surface area contributed by atoms with Crippen molar-refractivity contribution >= 4 is 28.7 Å². The summed E-state index contributed by atoms with van der Waals surface area (Å²) in [6, 6.07) is 13.9. The molecule has 0 aliphatic carbocycles. The molecule has 0 bridgehead atoms. The smallest absolute Gasteiger partial charge is 0.276 e. The highest BCUT2D eigenvalue weighted by atomic mass is 32.1. The van der Waals surface area contributed by atoms with E-state index in [4.69, 9.17) is 4.98 Å². The van der Waals surface area contributed by atoms with Crippen LogP contribution < -0.4 is 5.32 Å². The lowest BCUT2D eigenvalue weighted by atomic mass is 9.93. The molecule has 37 heavy (non-hydrogen) atoms. The summed E-state index contributed by atoms with van der Waals surface area (Å²) >= 11 is 1.81. The Bertz CT molecular complexity index is 1550. The van der Waals surface area contributed by atoms with Crippen molar-refractivity contribution in [2.75, 3.05) is 18.9 Å². The van der Waals surface area contributed by atoms with Crippen LogP contribution in [0.2, 0.25) is 0 Å². The lowest BCUT2D eigenvalue weighted by Crippen LogP contribution is -2.25. The Morgan fingerprint density at radius 3 is 2.57 bits per heavy atom. The van der Waals surface area contributed by atoms with Crippen LogP contribution >= 0.6 is 11.3 Å². The maximum atomic E-state index is 13.1. The summed E-state index contributed by atoms with van der Waals surface area (Å²) in [5, 5.41) is 8.47. The monoisotopic (exact) mass is 511 g/mol. The number of nitrogens with zero attached hydrogens (tertiary/aromatic N) is 4. The third-order valence-electron chi connectivity index (χ3n) is 7.43. The number of hydrogen-bond acceptors (Lipinski definition) is 6. The summed E-state index contributed by atoms with van der Waals surface area (Å²) in [6.07, 6.45) is 2.32. The minimum absolute atomic E-state index is 0.0411.